The minimum atomic E-state index is -1.36. The number of rotatable bonds is 7. The van der Waals surface area contributed by atoms with Gasteiger partial charge in [0.05, 0.1) is 17.0 Å². The van der Waals surface area contributed by atoms with Crippen LogP contribution >= 0.6 is 0 Å². The van der Waals surface area contributed by atoms with Crippen molar-refractivity contribution in [3.63, 3.8) is 0 Å². The zero-order valence-corrected chi connectivity index (χ0v) is 16.5. The Morgan fingerprint density at radius 2 is 2.00 bits per heavy atom. The number of hydrogen-bond acceptors (Lipinski definition) is 5. The number of aryl methyl sites for hydroxylation is 1. The third-order valence-electron chi connectivity index (χ3n) is 4.38. The fraction of sp³-hybridized carbons (Fsp3) is 0.238. The standard InChI is InChI=1S/C21H21NO5S/c1-3-28(26)19-12-18(23)16-11-13(2)10-14(20(16)27-19)8-9-22-17-7-5-4-6-15(17)21(24)25/h4-7,10-12,22H,3,8-9H2,1-2H3,(H,24,25)/t28-/m0/s1. The Hall–Kier alpha value is -2.77. The van der Waals surface area contributed by atoms with E-state index in [9.17, 15) is 19.2 Å². The van der Waals surface area contributed by atoms with E-state index in [2.05, 4.69) is 5.32 Å². The SMILES string of the molecule is CC[S@+]([O-])c1cc(=O)c2cc(C)cc(CCNc3ccccc3C(=O)O)c2o1. The molecule has 0 saturated heterocycles. The van der Waals surface area contributed by atoms with Gasteiger partial charge < -0.3 is 19.4 Å². The quantitative estimate of drug-likeness (QED) is 0.589. The van der Waals surface area contributed by atoms with Gasteiger partial charge in [-0.3, -0.25) is 4.79 Å². The molecule has 0 amide bonds. The molecule has 146 valence electrons. The molecule has 28 heavy (non-hydrogen) atoms. The lowest BCUT2D eigenvalue weighted by Gasteiger charge is -2.12. The predicted octanol–water partition coefficient (Wildman–Crippen LogP) is 3.58. The van der Waals surface area contributed by atoms with Crippen LogP contribution in [-0.4, -0.2) is 27.9 Å². The summed E-state index contributed by atoms with van der Waals surface area (Å²) in [6, 6.07) is 11.7. The van der Waals surface area contributed by atoms with Gasteiger partial charge in [0, 0.05) is 23.4 Å². The second-order valence-electron chi connectivity index (χ2n) is 6.39. The van der Waals surface area contributed by atoms with Gasteiger partial charge in [-0.05, 0) is 49.6 Å². The molecular formula is C21H21NO5S. The third-order valence-corrected chi connectivity index (χ3v) is 5.56. The van der Waals surface area contributed by atoms with Crippen molar-refractivity contribution in [1.82, 2.24) is 0 Å². The molecule has 0 saturated carbocycles. The molecule has 0 fully saturated rings. The normalized spacial score (nSPS) is 12.1. The van der Waals surface area contributed by atoms with Crippen LogP contribution in [0.2, 0.25) is 0 Å². The lowest BCUT2D eigenvalue weighted by atomic mass is 10.0. The van der Waals surface area contributed by atoms with Gasteiger partial charge in [-0.1, -0.05) is 18.2 Å². The molecule has 1 aromatic heterocycles. The Morgan fingerprint density at radius 3 is 2.71 bits per heavy atom. The van der Waals surface area contributed by atoms with Crippen molar-refractivity contribution in [2.24, 2.45) is 0 Å². The number of carbonyl (C=O) groups is 1. The number of fused-ring (bicyclic) bond motifs is 1. The largest absolute Gasteiger partial charge is 0.609 e. The summed E-state index contributed by atoms with van der Waals surface area (Å²) < 4.78 is 17.9. The highest BCUT2D eigenvalue weighted by Crippen LogP contribution is 2.23. The zero-order valence-electron chi connectivity index (χ0n) is 15.7. The molecule has 7 heteroatoms. The van der Waals surface area contributed by atoms with Crippen LogP contribution in [0.3, 0.4) is 0 Å². The van der Waals surface area contributed by atoms with E-state index < -0.39 is 17.1 Å². The van der Waals surface area contributed by atoms with Gasteiger partial charge in [-0.25, -0.2) is 4.79 Å². The van der Waals surface area contributed by atoms with Gasteiger partial charge in [0.2, 0.25) is 0 Å². The number of hydrogen-bond donors (Lipinski definition) is 2. The molecule has 6 nitrogen and oxygen atoms in total. The fourth-order valence-corrected chi connectivity index (χ4v) is 3.76. The average Bonchev–Trinajstić information content (AvgIpc) is 2.68. The van der Waals surface area contributed by atoms with Crippen molar-refractivity contribution in [1.29, 1.82) is 0 Å². The monoisotopic (exact) mass is 399 g/mol. The van der Waals surface area contributed by atoms with Gasteiger partial charge >= 0.3 is 11.1 Å². The number of benzene rings is 2. The maximum atomic E-state index is 12.5. The summed E-state index contributed by atoms with van der Waals surface area (Å²) >= 11 is -1.36. The summed E-state index contributed by atoms with van der Waals surface area (Å²) in [5.74, 6) is -0.634. The molecule has 2 aromatic carbocycles. The first-order chi connectivity index (χ1) is 13.4. The van der Waals surface area contributed by atoms with E-state index >= 15 is 0 Å². The van der Waals surface area contributed by atoms with Gasteiger partial charge in [0.15, 0.2) is 5.43 Å². The molecule has 3 aromatic rings. The van der Waals surface area contributed by atoms with Crippen LogP contribution in [0.4, 0.5) is 5.69 Å². The summed E-state index contributed by atoms with van der Waals surface area (Å²) in [5, 5.41) is 13.0. The van der Waals surface area contributed by atoms with E-state index in [4.69, 9.17) is 4.42 Å². The first-order valence-electron chi connectivity index (χ1n) is 8.92. The Kier molecular flexibility index (Phi) is 6.06. The van der Waals surface area contributed by atoms with Crippen LogP contribution < -0.4 is 10.7 Å². The summed E-state index contributed by atoms with van der Waals surface area (Å²) in [6.07, 6.45) is 0.511. The topological polar surface area (TPSA) is 103 Å². The second-order valence-corrected chi connectivity index (χ2v) is 8.06. The van der Waals surface area contributed by atoms with Gasteiger partial charge in [0.25, 0.3) is 0 Å². The summed E-state index contributed by atoms with van der Waals surface area (Å²) in [4.78, 5) is 23.8. The van der Waals surface area contributed by atoms with Crippen LogP contribution in [0.15, 0.2) is 56.8 Å². The smallest absolute Gasteiger partial charge is 0.337 e. The van der Waals surface area contributed by atoms with Crippen molar-refractivity contribution in [2.75, 3.05) is 17.6 Å². The minimum absolute atomic E-state index is 0.175. The zero-order chi connectivity index (χ0) is 20.3. The van der Waals surface area contributed by atoms with Crippen LogP contribution in [0.5, 0.6) is 0 Å². The lowest BCUT2D eigenvalue weighted by Crippen LogP contribution is -2.12. The third kappa shape index (κ3) is 4.21. The van der Waals surface area contributed by atoms with Crippen LogP contribution in [0, 0.1) is 6.92 Å². The number of nitrogens with one attached hydrogen (secondary N) is 1. The number of carboxylic acid groups (broad SMARTS) is 1. The molecule has 0 aliphatic heterocycles. The Labute approximate surface area is 165 Å². The Morgan fingerprint density at radius 1 is 1.25 bits per heavy atom. The van der Waals surface area contributed by atoms with E-state index in [1.165, 1.54) is 12.1 Å². The van der Waals surface area contributed by atoms with Gasteiger partial charge in [-0.15, -0.1) is 0 Å². The molecule has 0 spiro atoms. The second kappa shape index (κ2) is 8.50. The molecule has 1 atom stereocenters. The molecule has 1 heterocycles. The molecule has 2 N–H and O–H groups in total. The summed E-state index contributed by atoms with van der Waals surface area (Å²) in [7, 11) is 0. The Balaban J connectivity index is 1.91. The lowest BCUT2D eigenvalue weighted by molar-refractivity contribution is 0.0698. The van der Waals surface area contributed by atoms with Crippen LogP contribution in [0.25, 0.3) is 11.0 Å². The van der Waals surface area contributed by atoms with Gasteiger partial charge in [0.1, 0.15) is 11.3 Å². The van der Waals surface area contributed by atoms with Crippen LogP contribution in [0.1, 0.15) is 28.4 Å². The van der Waals surface area contributed by atoms with Gasteiger partial charge in [-0.2, -0.15) is 0 Å². The van der Waals surface area contributed by atoms with Crippen LogP contribution in [-0.2, 0) is 17.6 Å². The van der Waals surface area contributed by atoms with Crippen molar-refractivity contribution in [2.45, 2.75) is 25.4 Å². The molecule has 0 aliphatic carbocycles. The molecule has 0 bridgehead atoms. The van der Waals surface area contributed by atoms with Crippen molar-refractivity contribution >= 4 is 33.8 Å². The Bertz CT molecular complexity index is 1080. The molecule has 3 rings (SSSR count). The minimum Gasteiger partial charge on any atom is -0.609 e. The van der Waals surface area contributed by atoms with Crippen molar-refractivity contribution < 1.29 is 18.9 Å². The van der Waals surface area contributed by atoms with E-state index in [-0.39, 0.29) is 16.1 Å². The highest BCUT2D eigenvalue weighted by atomic mass is 32.2. The highest BCUT2D eigenvalue weighted by molar-refractivity contribution is 7.91. The number of para-hydroxylation sites is 1. The average molecular weight is 399 g/mol. The number of anilines is 1. The molecule has 0 unspecified atom stereocenters. The fourth-order valence-electron chi connectivity index (χ4n) is 3.06. The van der Waals surface area contributed by atoms with Crippen molar-refractivity contribution in [3.8, 4) is 0 Å². The van der Waals surface area contributed by atoms with E-state index in [1.54, 1.807) is 31.2 Å². The van der Waals surface area contributed by atoms with E-state index in [0.717, 1.165) is 11.1 Å². The van der Waals surface area contributed by atoms with E-state index in [1.807, 2.05) is 13.0 Å². The number of carboxylic acids is 1. The maximum Gasteiger partial charge on any atom is 0.337 e. The number of aromatic carboxylic acids is 1. The first-order valence-corrected chi connectivity index (χ1v) is 10.2. The molecule has 0 aliphatic rings. The maximum absolute atomic E-state index is 12.5. The summed E-state index contributed by atoms with van der Waals surface area (Å²) in [5.41, 5.74) is 2.67. The van der Waals surface area contributed by atoms with Crippen molar-refractivity contribution in [3.05, 3.63) is 69.4 Å². The molecule has 0 radical (unpaired) electrons. The molecular weight excluding hydrogens is 378 g/mol. The highest BCUT2D eigenvalue weighted by Gasteiger charge is 2.17. The first kappa shape index (κ1) is 20.0. The predicted molar refractivity (Wildman–Crippen MR) is 110 cm³/mol. The summed E-state index contributed by atoms with van der Waals surface area (Å²) in [6.45, 7) is 4.11. The van der Waals surface area contributed by atoms with E-state index in [0.29, 0.717) is 35.4 Å².